The zero-order valence-corrected chi connectivity index (χ0v) is 14.3. The van der Waals surface area contributed by atoms with Gasteiger partial charge in [-0.1, -0.05) is 67.6 Å². The summed E-state index contributed by atoms with van der Waals surface area (Å²) in [5, 5.41) is 14.9. The highest BCUT2D eigenvalue weighted by molar-refractivity contribution is 5.33. The lowest BCUT2D eigenvalue weighted by molar-refractivity contribution is -0.115. The minimum absolute atomic E-state index is 0.124. The quantitative estimate of drug-likeness (QED) is 0.911. The van der Waals surface area contributed by atoms with Gasteiger partial charge in [0.2, 0.25) is 0 Å². The number of benzene rings is 2. The third kappa shape index (κ3) is 2.57. The number of nitrogens with zero attached hydrogens (tertiary/aromatic N) is 1. The molecule has 3 nitrogen and oxygen atoms in total. The van der Waals surface area contributed by atoms with Crippen LogP contribution in [0.1, 0.15) is 18.1 Å². The maximum absolute atomic E-state index is 11.3. The molecule has 2 aromatic carbocycles. The van der Waals surface area contributed by atoms with Gasteiger partial charge in [-0.05, 0) is 11.1 Å². The Bertz CT molecular complexity index is 689. The van der Waals surface area contributed by atoms with Crippen molar-refractivity contribution in [2.75, 3.05) is 26.2 Å². The lowest BCUT2D eigenvalue weighted by atomic mass is 9.60. The maximum Gasteiger partial charge on any atom is 0.0739 e. The van der Waals surface area contributed by atoms with Crippen LogP contribution < -0.4 is 5.32 Å². The van der Waals surface area contributed by atoms with Crippen LogP contribution in [0, 0.1) is 5.41 Å². The molecule has 2 N–H and O–H groups in total. The average Bonchev–Trinajstić information content (AvgIpc) is 2.59. The molecule has 0 saturated carbocycles. The van der Waals surface area contributed by atoms with Gasteiger partial charge in [0.05, 0.1) is 6.10 Å². The summed E-state index contributed by atoms with van der Waals surface area (Å²) in [7, 11) is 0. The predicted octanol–water partition coefficient (Wildman–Crippen LogP) is 2.41. The fraction of sp³-hybridized carbons (Fsp3) is 0.429. The fourth-order valence-corrected chi connectivity index (χ4v) is 4.76. The number of nitrogens with one attached hydrogen (secondary N) is 1. The molecule has 2 heterocycles. The van der Waals surface area contributed by atoms with Gasteiger partial charge in [0.25, 0.3) is 0 Å². The van der Waals surface area contributed by atoms with Crippen LogP contribution in [0.5, 0.6) is 0 Å². The van der Waals surface area contributed by atoms with Crippen molar-refractivity contribution in [2.45, 2.75) is 25.0 Å². The van der Waals surface area contributed by atoms with Crippen LogP contribution in [0.4, 0.5) is 0 Å². The Labute approximate surface area is 144 Å². The third-order valence-corrected chi connectivity index (χ3v) is 5.84. The summed E-state index contributed by atoms with van der Waals surface area (Å²) in [6, 6.07) is 21.2. The summed E-state index contributed by atoms with van der Waals surface area (Å²) < 4.78 is 0. The SMILES string of the molecule is C[C@@]12CNC[C@@](c3ccccc3)(CN(Cc3ccccc3)C1)[C@H]2O. The molecule has 3 heteroatoms. The van der Waals surface area contributed by atoms with Crippen molar-refractivity contribution in [2.24, 2.45) is 5.41 Å². The van der Waals surface area contributed by atoms with Crippen LogP contribution in [-0.4, -0.2) is 42.3 Å². The van der Waals surface area contributed by atoms with E-state index in [2.05, 4.69) is 71.7 Å². The van der Waals surface area contributed by atoms with Gasteiger partial charge in [0.1, 0.15) is 0 Å². The number of piperidine rings is 2. The molecule has 0 aromatic heterocycles. The van der Waals surface area contributed by atoms with E-state index in [9.17, 15) is 5.11 Å². The van der Waals surface area contributed by atoms with Gasteiger partial charge in [-0.25, -0.2) is 0 Å². The molecule has 2 bridgehead atoms. The number of likely N-dealkylation sites (tertiary alicyclic amines) is 1. The Morgan fingerprint density at radius 3 is 2.38 bits per heavy atom. The summed E-state index contributed by atoms with van der Waals surface area (Å²) in [6.07, 6.45) is -0.319. The van der Waals surface area contributed by atoms with E-state index in [1.54, 1.807) is 0 Å². The summed E-state index contributed by atoms with van der Waals surface area (Å²) in [5.74, 6) is 0. The molecule has 2 aliphatic rings. The second-order valence-electron chi connectivity index (χ2n) is 7.81. The monoisotopic (exact) mass is 322 g/mol. The van der Waals surface area contributed by atoms with Crippen molar-refractivity contribution in [3.05, 3.63) is 71.8 Å². The largest absolute Gasteiger partial charge is 0.391 e. The zero-order chi connectivity index (χ0) is 16.6. The first-order valence-corrected chi connectivity index (χ1v) is 8.83. The first-order chi connectivity index (χ1) is 11.6. The van der Waals surface area contributed by atoms with Crippen molar-refractivity contribution < 1.29 is 5.11 Å². The molecular weight excluding hydrogens is 296 g/mol. The minimum Gasteiger partial charge on any atom is -0.391 e. The van der Waals surface area contributed by atoms with E-state index in [0.717, 1.165) is 32.7 Å². The van der Waals surface area contributed by atoms with Gasteiger partial charge in [-0.2, -0.15) is 0 Å². The van der Waals surface area contributed by atoms with Crippen LogP contribution in [0.25, 0.3) is 0 Å². The molecule has 0 radical (unpaired) electrons. The molecule has 2 fully saturated rings. The number of fused-ring (bicyclic) bond motifs is 2. The summed E-state index contributed by atoms with van der Waals surface area (Å²) >= 11 is 0. The second kappa shape index (κ2) is 5.99. The van der Waals surface area contributed by atoms with E-state index in [4.69, 9.17) is 0 Å². The zero-order valence-electron chi connectivity index (χ0n) is 14.3. The van der Waals surface area contributed by atoms with Crippen LogP contribution in [0.3, 0.4) is 0 Å². The average molecular weight is 322 g/mol. The Hall–Kier alpha value is -1.68. The lowest BCUT2D eigenvalue weighted by Gasteiger charge is -2.58. The molecule has 126 valence electrons. The van der Waals surface area contributed by atoms with Gasteiger partial charge >= 0.3 is 0 Å². The number of hydrogen-bond acceptors (Lipinski definition) is 3. The van der Waals surface area contributed by atoms with E-state index in [0.29, 0.717) is 0 Å². The fourth-order valence-electron chi connectivity index (χ4n) is 4.76. The van der Waals surface area contributed by atoms with Crippen molar-refractivity contribution in [3.63, 3.8) is 0 Å². The van der Waals surface area contributed by atoms with Crippen LogP contribution in [0.2, 0.25) is 0 Å². The Morgan fingerprint density at radius 2 is 1.67 bits per heavy atom. The first kappa shape index (κ1) is 15.8. The molecule has 2 saturated heterocycles. The van der Waals surface area contributed by atoms with Crippen LogP contribution in [-0.2, 0) is 12.0 Å². The highest BCUT2D eigenvalue weighted by Crippen LogP contribution is 2.45. The standard InChI is InChI=1S/C21H26N2O/c1-20-13-22-14-21(19(20)24,18-10-6-3-7-11-18)16-23(15-20)12-17-8-4-2-5-9-17/h2-11,19,22,24H,12-16H2,1H3/t19-,20+,21-/m0/s1. The molecule has 0 spiro atoms. The minimum atomic E-state index is -0.319. The molecule has 4 rings (SSSR count). The van der Waals surface area contributed by atoms with Gasteiger partial charge < -0.3 is 10.4 Å². The number of rotatable bonds is 3. The van der Waals surface area contributed by atoms with Crippen LogP contribution in [0.15, 0.2) is 60.7 Å². The Balaban J connectivity index is 1.69. The molecule has 3 atom stereocenters. The Kier molecular flexibility index (Phi) is 3.95. The second-order valence-corrected chi connectivity index (χ2v) is 7.81. The van der Waals surface area contributed by atoms with Crippen LogP contribution >= 0.6 is 0 Å². The highest BCUT2D eigenvalue weighted by atomic mass is 16.3. The van der Waals surface area contributed by atoms with Gasteiger partial charge in [-0.3, -0.25) is 4.90 Å². The number of aliphatic hydroxyl groups excluding tert-OH is 1. The van der Waals surface area contributed by atoms with E-state index < -0.39 is 0 Å². The normalized spacial score (nSPS) is 33.3. The highest BCUT2D eigenvalue weighted by Gasteiger charge is 2.56. The maximum atomic E-state index is 11.3. The number of aliphatic hydroxyl groups is 1. The van der Waals surface area contributed by atoms with Crippen molar-refractivity contribution >= 4 is 0 Å². The van der Waals surface area contributed by atoms with Crippen molar-refractivity contribution in [1.82, 2.24) is 10.2 Å². The molecule has 0 unspecified atom stereocenters. The molecule has 0 amide bonds. The smallest absolute Gasteiger partial charge is 0.0739 e. The number of hydrogen-bond donors (Lipinski definition) is 2. The predicted molar refractivity (Wildman–Crippen MR) is 96.8 cm³/mol. The summed E-state index contributed by atoms with van der Waals surface area (Å²) in [4.78, 5) is 2.52. The summed E-state index contributed by atoms with van der Waals surface area (Å²) in [6.45, 7) is 6.67. The van der Waals surface area contributed by atoms with Gasteiger partial charge in [0, 0.05) is 43.6 Å². The van der Waals surface area contributed by atoms with Crippen molar-refractivity contribution in [3.8, 4) is 0 Å². The molecule has 0 aliphatic carbocycles. The van der Waals surface area contributed by atoms with Crippen molar-refractivity contribution in [1.29, 1.82) is 0 Å². The van der Waals surface area contributed by atoms with Gasteiger partial charge in [-0.15, -0.1) is 0 Å². The van der Waals surface area contributed by atoms with E-state index >= 15 is 0 Å². The van der Waals surface area contributed by atoms with Gasteiger partial charge in [0.15, 0.2) is 0 Å². The van der Waals surface area contributed by atoms with E-state index in [1.807, 2.05) is 6.07 Å². The van der Waals surface area contributed by atoms with E-state index in [-0.39, 0.29) is 16.9 Å². The molecule has 24 heavy (non-hydrogen) atoms. The topological polar surface area (TPSA) is 35.5 Å². The summed E-state index contributed by atoms with van der Waals surface area (Å²) in [5.41, 5.74) is 2.23. The Morgan fingerprint density at radius 1 is 1.00 bits per heavy atom. The molecule has 2 aliphatic heterocycles. The third-order valence-electron chi connectivity index (χ3n) is 5.84. The lowest BCUT2D eigenvalue weighted by Crippen LogP contribution is -2.72. The molecule has 2 aromatic rings. The van der Waals surface area contributed by atoms with E-state index in [1.165, 1.54) is 11.1 Å². The molecular formula is C21H26N2O. The first-order valence-electron chi connectivity index (χ1n) is 8.83.